The normalized spacial score (nSPS) is 21.8. The number of rotatable bonds is 15. The molecule has 13 nitrogen and oxygen atoms in total. The first kappa shape index (κ1) is 35.0. The Morgan fingerprint density at radius 3 is 2.20 bits per heavy atom. The van der Waals surface area contributed by atoms with Gasteiger partial charge < -0.3 is 26.6 Å². The molecule has 0 aliphatic heterocycles. The molecular formula is C33H49N7O6. The molecule has 13 heteroatoms. The second-order valence-corrected chi connectivity index (χ2v) is 13.3. The van der Waals surface area contributed by atoms with Crippen molar-refractivity contribution in [1.82, 2.24) is 36.6 Å². The lowest BCUT2D eigenvalue weighted by Gasteiger charge is -2.32. The highest BCUT2D eigenvalue weighted by Gasteiger charge is 2.40. The molecule has 3 fully saturated rings. The van der Waals surface area contributed by atoms with Gasteiger partial charge in [-0.2, -0.15) is 0 Å². The molecule has 46 heavy (non-hydrogen) atoms. The second kappa shape index (κ2) is 16.6. The first-order chi connectivity index (χ1) is 22.1. The van der Waals surface area contributed by atoms with Crippen LogP contribution >= 0.6 is 0 Å². The standard InChI is InChI=1S/C33H49N7O6/c1-4-9-24(28(41)33(46)36-21-14-15-21)38-29(42)22-12-8-13-23(22)37-31(44)26(19(2)3)39-32(45)27(20-10-6-5-7-11-20)40-30(43)25-18-34-16-17-35-25/h16-24,26-27H,4-15H2,1-3H3,(H,36,46)(H,37,44)(H,38,42)(H,39,45)(H,40,43)/t22-,23+,24+,26+,27+/m1/s1. The van der Waals surface area contributed by atoms with E-state index < -0.39 is 59.5 Å². The van der Waals surface area contributed by atoms with Gasteiger partial charge in [0.05, 0.1) is 18.2 Å². The van der Waals surface area contributed by atoms with Crippen molar-refractivity contribution in [3.8, 4) is 0 Å². The fourth-order valence-corrected chi connectivity index (χ4v) is 6.47. The van der Waals surface area contributed by atoms with Gasteiger partial charge in [-0.3, -0.25) is 33.8 Å². The summed E-state index contributed by atoms with van der Waals surface area (Å²) in [6.45, 7) is 5.53. The smallest absolute Gasteiger partial charge is 0.289 e. The number of Topliss-reactive ketones (excluding diaryl/α,β-unsaturated/α-hetero) is 1. The van der Waals surface area contributed by atoms with Crippen LogP contribution in [0.3, 0.4) is 0 Å². The topological polar surface area (TPSA) is 188 Å². The van der Waals surface area contributed by atoms with Crippen LogP contribution in [0.5, 0.6) is 0 Å². The zero-order valence-corrected chi connectivity index (χ0v) is 27.2. The van der Waals surface area contributed by atoms with Crippen LogP contribution < -0.4 is 26.6 Å². The van der Waals surface area contributed by atoms with Crippen LogP contribution in [0.4, 0.5) is 0 Å². The molecule has 5 amide bonds. The summed E-state index contributed by atoms with van der Waals surface area (Å²) in [4.78, 5) is 87.0. The number of hydrogen-bond donors (Lipinski definition) is 5. The summed E-state index contributed by atoms with van der Waals surface area (Å²) >= 11 is 0. The number of amides is 5. The highest BCUT2D eigenvalue weighted by atomic mass is 16.2. The van der Waals surface area contributed by atoms with E-state index in [0.29, 0.717) is 32.1 Å². The first-order valence-electron chi connectivity index (χ1n) is 16.9. The molecule has 5 atom stereocenters. The van der Waals surface area contributed by atoms with Crippen LogP contribution in [-0.2, 0) is 24.0 Å². The summed E-state index contributed by atoms with van der Waals surface area (Å²) in [5.74, 6) is -4.00. The Hall–Kier alpha value is -3.90. The summed E-state index contributed by atoms with van der Waals surface area (Å²) in [6, 6.07) is -3.14. The molecule has 3 aliphatic rings. The van der Waals surface area contributed by atoms with Gasteiger partial charge in [-0.15, -0.1) is 0 Å². The Morgan fingerprint density at radius 2 is 1.57 bits per heavy atom. The molecule has 252 valence electrons. The van der Waals surface area contributed by atoms with Crippen LogP contribution in [0.2, 0.25) is 0 Å². The highest BCUT2D eigenvalue weighted by Crippen LogP contribution is 2.28. The Morgan fingerprint density at radius 1 is 0.826 bits per heavy atom. The molecule has 0 unspecified atom stereocenters. The average molecular weight is 640 g/mol. The quantitative estimate of drug-likeness (QED) is 0.179. The fourth-order valence-electron chi connectivity index (χ4n) is 6.47. The minimum Gasteiger partial charge on any atom is -0.351 e. The van der Waals surface area contributed by atoms with Crippen molar-refractivity contribution in [2.45, 2.75) is 128 Å². The van der Waals surface area contributed by atoms with Crippen LogP contribution in [0.1, 0.15) is 108 Å². The minimum atomic E-state index is -0.926. The number of nitrogens with one attached hydrogen (secondary N) is 5. The third-order valence-corrected chi connectivity index (χ3v) is 9.26. The maximum atomic E-state index is 13.7. The van der Waals surface area contributed by atoms with Crippen molar-refractivity contribution in [2.75, 3.05) is 0 Å². The lowest BCUT2D eigenvalue weighted by atomic mass is 9.83. The number of carbonyl (C=O) groups is 6. The van der Waals surface area contributed by atoms with Crippen LogP contribution in [0.25, 0.3) is 0 Å². The highest BCUT2D eigenvalue weighted by molar-refractivity contribution is 6.38. The predicted molar refractivity (Wildman–Crippen MR) is 169 cm³/mol. The van der Waals surface area contributed by atoms with Crippen molar-refractivity contribution in [2.24, 2.45) is 17.8 Å². The molecule has 3 aliphatic carbocycles. The monoisotopic (exact) mass is 639 g/mol. The Bertz CT molecular complexity index is 1250. The maximum absolute atomic E-state index is 13.7. The fraction of sp³-hybridized carbons (Fsp3) is 0.697. The molecular weight excluding hydrogens is 590 g/mol. The largest absolute Gasteiger partial charge is 0.351 e. The molecule has 5 N–H and O–H groups in total. The zero-order chi connectivity index (χ0) is 33.2. The third kappa shape index (κ3) is 9.56. The van der Waals surface area contributed by atoms with Gasteiger partial charge in [0.1, 0.15) is 17.8 Å². The zero-order valence-electron chi connectivity index (χ0n) is 27.2. The van der Waals surface area contributed by atoms with Gasteiger partial charge in [0.15, 0.2) is 0 Å². The summed E-state index contributed by atoms with van der Waals surface area (Å²) < 4.78 is 0. The number of aromatic nitrogens is 2. The van der Waals surface area contributed by atoms with Gasteiger partial charge in [0.25, 0.3) is 11.8 Å². The van der Waals surface area contributed by atoms with E-state index in [1.165, 1.54) is 18.6 Å². The van der Waals surface area contributed by atoms with Crippen LogP contribution in [0, 0.1) is 17.8 Å². The Balaban J connectivity index is 1.40. The number of hydrogen-bond acceptors (Lipinski definition) is 8. The predicted octanol–water partition coefficient (Wildman–Crippen LogP) is 1.71. The van der Waals surface area contributed by atoms with E-state index in [9.17, 15) is 28.8 Å². The summed E-state index contributed by atoms with van der Waals surface area (Å²) in [5.41, 5.74) is 0.103. The van der Waals surface area contributed by atoms with E-state index in [1.54, 1.807) is 0 Å². The van der Waals surface area contributed by atoms with E-state index in [2.05, 4.69) is 36.6 Å². The molecule has 1 aromatic heterocycles. The van der Waals surface area contributed by atoms with Crippen molar-refractivity contribution in [3.63, 3.8) is 0 Å². The Labute approximate surface area is 270 Å². The van der Waals surface area contributed by atoms with Gasteiger partial charge in [-0.1, -0.05) is 52.9 Å². The third-order valence-electron chi connectivity index (χ3n) is 9.26. The van der Waals surface area contributed by atoms with E-state index in [-0.39, 0.29) is 29.5 Å². The molecule has 1 aromatic rings. The molecule has 0 radical (unpaired) electrons. The van der Waals surface area contributed by atoms with E-state index in [1.807, 2.05) is 20.8 Å². The van der Waals surface area contributed by atoms with Gasteiger partial charge in [0.2, 0.25) is 23.5 Å². The van der Waals surface area contributed by atoms with Crippen LogP contribution in [0.15, 0.2) is 18.6 Å². The van der Waals surface area contributed by atoms with Crippen molar-refractivity contribution < 1.29 is 28.8 Å². The van der Waals surface area contributed by atoms with E-state index >= 15 is 0 Å². The van der Waals surface area contributed by atoms with Crippen molar-refractivity contribution in [1.29, 1.82) is 0 Å². The van der Waals surface area contributed by atoms with E-state index in [0.717, 1.165) is 44.9 Å². The van der Waals surface area contributed by atoms with Gasteiger partial charge in [-0.05, 0) is 56.8 Å². The lowest BCUT2D eigenvalue weighted by Crippen LogP contribution is -2.59. The van der Waals surface area contributed by atoms with Crippen molar-refractivity contribution in [3.05, 3.63) is 24.3 Å². The molecule has 3 saturated carbocycles. The average Bonchev–Trinajstić information content (AvgIpc) is 3.75. The molecule has 0 aromatic carbocycles. The van der Waals surface area contributed by atoms with Crippen molar-refractivity contribution >= 4 is 35.3 Å². The number of nitrogens with zero attached hydrogens (tertiary/aromatic N) is 2. The second-order valence-electron chi connectivity index (χ2n) is 13.3. The van der Waals surface area contributed by atoms with Gasteiger partial charge >= 0.3 is 0 Å². The molecule has 1 heterocycles. The summed E-state index contributed by atoms with van der Waals surface area (Å²) in [7, 11) is 0. The summed E-state index contributed by atoms with van der Waals surface area (Å²) in [6.07, 6.45) is 13.2. The van der Waals surface area contributed by atoms with Gasteiger partial charge in [-0.25, -0.2) is 4.98 Å². The maximum Gasteiger partial charge on any atom is 0.289 e. The van der Waals surface area contributed by atoms with E-state index in [4.69, 9.17) is 0 Å². The first-order valence-corrected chi connectivity index (χ1v) is 16.9. The Kier molecular flexibility index (Phi) is 12.6. The molecule has 0 spiro atoms. The van der Waals surface area contributed by atoms with Gasteiger partial charge in [0, 0.05) is 24.5 Å². The molecule has 0 bridgehead atoms. The summed E-state index contributed by atoms with van der Waals surface area (Å²) in [5, 5.41) is 14.2. The number of carbonyl (C=O) groups excluding carboxylic acids is 6. The van der Waals surface area contributed by atoms with Crippen LogP contribution in [-0.4, -0.2) is 75.5 Å². The molecule has 0 saturated heterocycles. The minimum absolute atomic E-state index is 0.0330. The number of ketones is 1. The molecule has 4 rings (SSSR count). The SMILES string of the molecule is CCC[C@H](NC(=O)[C@@H]1CCC[C@@H]1NC(=O)[C@@H](NC(=O)[C@@H](NC(=O)c1cnccn1)C1CCCCC1)C(C)C)C(=O)C(=O)NC1CC1. The lowest BCUT2D eigenvalue weighted by molar-refractivity contribution is -0.140.